The number of sulfonamides is 1. The van der Waals surface area contributed by atoms with Crippen molar-refractivity contribution in [2.24, 2.45) is 0 Å². The van der Waals surface area contributed by atoms with Crippen molar-refractivity contribution in [2.45, 2.75) is 54.9 Å². The maximum Gasteiger partial charge on any atom is 0.245 e. The Balaban J connectivity index is 1.65. The highest BCUT2D eigenvalue weighted by Gasteiger charge is 2.30. The zero-order valence-electron chi connectivity index (χ0n) is 18.3. The van der Waals surface area contributed by atoms with Crippen LogP contribution in [0.3, 0.4) is 0 Å². The topological polar surface area (TPSA) is 95.6 Å². The van der Waals surface area contributed by atoms with Gasteiger partial charge in [-0.2, -0.15) is 4.31 Å². The SMILES string of the molecule is CC(=O)Nc1ccc(SCC(=O)Nc2ccccc2S(=O)(=O)N(C)C2CCCCC2)cc1. The van der Waals surface area contributed by atoms with Gasteiger partial charge in [-0.25, -0.2) is 8.42 Å². The molecule has 1 aliphatic carbocycles. The van der Waals surface area contributed by atoms with Crippen molar-refractivity contribution >= 4 is 45.0 Å². The molecule has 0 aromatic heterocycles. The minimum absolute atomic E-state index is 0.00599. The molecule has 7 nitrogen and oxygen atoms in total. The summed E-state index contributed by atoms with van der Waals surface area (Å²) in [4.78, 5) is 24.6. The van der Waals surface area contributed by atoms with Gasteiger partial charge in [0.05, 0.1) is 11.4 Å². The Morgan fingerprint density at radius 3 is 2.31 bits per heavy atom. The summed E-state index contributed by atoms with van der Waals surface area (Å²) in [5, 5.41) is 5.45. The minimum Gasteiger partial charge on any atom is -0.326 e. The number of carbonyl (C=O) groups is 2. The molecule has 2 N–H and O–H groups in total. The Bertz CT molecular complexity index is 1050. The maximum atomic E-state index is 13.3. The van der Waals surface area contributed by atoms with Crippen molar-refractivity contribution in [3.63, 3.8) is 0 Å². The highest BCUT2D eigenvalue weighted by atomic mass is 32.2. The van der Waals surface area contributed by atoms with Gasteiger partial charge < -0.3 is 10.6 Å². The first-order valence-corrected chi connectivity index (χ1v) is 13.1. The van der Waals surface area contributed by atoms with Gasteiger partial charge in [0.25, 0.3) is 0 Å². The molecule has 32 heavy (non-hydrogen) atoms. The van der Waals surface area contributed by atoms with Crippen LogP contribution in [0.5, 0.6) is 0 Å². The van der Waals surface area contributed by atoms with Gasteiger partial charge in [0.15, 0.2) is 0 Å². The molecular formula is C23H29N3O4S2. The van der Waals surface area contributed by atoms with Crippen LogP contribution < -0.4 is 10.6 Å². The molecule has 0 aliphatic heterocycles. The summed E-state index contributed by atoms with van der Waals surface area (Å²) >= 11 is 1.33. The lowest BCUT2D eigenvalue weighted by molar-refractivity contribution is -0.114. The van der Waals surface area contributed by atoms with E-state index in [1.807, 2.05) is 12.1 Å². The van der Waals surface area contributed by atoms with E-state index < -0.39 is 10.0 Å². The number of para-hydroxylation sites is 1. The number of rotatable bonds is 8. The number of nitrogens with zero attached hydrogens (tertiary/aromatic N) is 1. The lowest BCUT2D eigenvalue weighted by Crippen LogP contribution is -2.38. The van der Waals surface area contributed by atoms with Gasteiger partial charge in [-0.1, -0.05) is 31.4 Å². The first kappa shape index (κ1) is 24.3. The zero-order chi connectivity index (χ0) is 23.1. The van der Waals surface area contributed by atoms with E-state index >= 15 is 0 Å². The predicted octanol–water partition coefficient (Wildman–Crippen LogP) is 4.33. The summed E-state index contributed by atoms with van der Waals surface area (Å²) in [7, 11) is -2.09. The third-order valence-electron chi connectivity index (χ3n) is 5.45. The molecule has 2 aromatic carbocycles. The lowest BCUT2D eigenvalue weighted by Gasteiger charge is -2.30. The fourth-order valence-electron chi connectivity index (χ4n) is 3.76. The number of hydrogen-bond acceptors (Lipinski definition) is 5. The van der Waals surface area contributed by atoms with Crippen LogP contribution in [0.4, 0.5) is 11.4 Å². The number of nitrogens with one attached hydrogen (secondary N) is 2. The summed E-state index contributed by atoms with van der Waals surface area (Å²) in [6.07, 6.45) is 4.94. The van der Waals surface area contributed by atoms with E-state index in [1.165, 1.54) is 29.1 Å². The molecule has 0 radical (unpaired) electrons. The fourth-order valence-corrected chi connectivity index (χ4v) is 6.02. The molecule has 9 heteroatoms. The van der Waals surface area contributed by atoms with Gasteiger partial charge in [-0.15, -0.1) is 11.8 Å². The van der Waals surface area contributed by atoms with E-state index in [4.69, 9.17) is 0 Å². The summed E-state index contributed by atoms with van der Waals surface area (Å²) in [5.74, 6) is -0.303. The molecule has 0 atom stereocenters. The highest BCUT2D eigenvalue weighted by Crippen LogP contribution is 2.30. The largest absolute Gasteiger partial charge is 0.326 e. The first-order chi connectivity index (χ1) is 15.3. The number of thioether (sulfide) groups is 1. The smallest absolute Gasteiger partial charge is 0.245 e. The monoisotopic (exact) mass is 475 g/mol. The molecule has 3 rings (SSSR count). The van der Waals surface area contributed by atoms with Crippen LogP contribution in [-0.4, -0.2) is 43.4 Å². The van der Waals surface area contributed by atoms with Gasteiger partial charge in [-0.05, 0) is 49.2 Å². The highest BCUT2D eigenvalue weighted by molar-refractivity contribution is 8.00. The molecule has 2 aromatic rings. The van der Waals surface area contributed by atoms with Crippen molar-refractivity contribution < 1.29 is 18.0 Å². The number of hydrogen-bond donors (Lipinski definition) is 2. The van der Waals surface area contributed by atoms with Crippen LogP contribution in [-0.2, 0) is 19.6 Å². The van der Waals surface area contributed by atoms with Crippen LogP contribution in [0.15, 0.2) is 58.3 Å². The van der Waals surface area contributed by atoms with E-state index in [9.17, 15) is 18.0 Å². The van der Waals surface area contributed by atoms with E-state index in [1.54, 1.807) is 37.4 Å². The van der Waals surface area contributed by atoms with Crippen LogP contribution in [0.25, 0.3) is 0 Å². The fraction of sp³-hybridized carbons (Fsp3) is 0.391. The summed E-state index contributed by atoms with van der Waals surface area (Å²) < 4.78 is 28.0. The van der Waals surface area contributed by atoms with E-state index in [0.29, 0.717) is 11.4 Å². The van der Waals surface area contributed by atoms with Gasteiger partial charge in [0, 0.05) is 30.6 Å². The molecule has 0 unspecified atom stereocenters. The predicted molar refractivity (Wildman–Crippen MR) is 128 cm³/mol. The summed E-state index contributed by atoms with van der Waals surface area (Å²) in [6.45, 7) is 1.44. The Kier molecular flexibility index (Phi) is 8.33. The number of anilines is 2. The van der Waals surface area contributed by atoms with E-state index in [0.717, 1.165) is 37.0 Å². The Morgan fingerprint density at radius 1 is 1.00 bits per heavy atom. The minimum atomic E-state index is -3.72. The van der Waals surface area contributed by atoms with Crippen molar-refractivity contribution in [1.29, 1.82) is 0 Å². The average molecular weight is 476 g/mol. The van der Waals surface area contributed by atoms with Crippen LogP contribution in [0.2, 0.25) is 0 Å². The Hall–Kier alpha value is -2.36. The molecule has 0 bridgehead atoms. The molecule has 1 fully saturated rings. The van der Waals surface area contributed by atoms with Crippen molar-refractivity contribution in [3.8, 4) is 0 Å². The second-order valence-corrected chi connectivity index (χ2v) is 10.9. The second kappa shape index (κ2) is 11.0. The standard InChI is InChI=1S/C23H29N3O4S2/c1-17(27)24-18-12-14-20(15-13-18)31-16-23(28)25-21-10-6-7-11-22(21)32(29,30)26(2)19-8-4-3-5-9-19/h6-7,10-15,19H,3-5,8-9,16H2,1-2H3,(H,24,27)(H,25,28). The second-order valence-electron chi connectivity index (χ2n) is 7.85. The van der Waals surface area contributed by atoms with Gasteiger partial charge in [0.2, 0.25) is 21.8 Å². The van der Waals surface area contributed by atoms with Crippen molar-refractivity contribution in [1.82, 2.24) is 4.31 Å². The third-order valence-corrected chi connectivity index (χ3v) is 8.43. The summed E-state index contributed by atoms with van der Waals surface area (Å²) in [6, 6.07) is 13.7. The van der Waals surface area contributed by atoms with Crippen LogP contribution >= 0.6 is 11.8 Å². The van der Waals surface area contributed by atoms with Crippen LogP contribution in [0, 0.1) is 0 Å². The number of amides is 2. The molecule has 1 aliphatic rings. The van der Waals surface area contributed by atoms with Gasteiger partial charge >= 0.3 is 0 Å². The average Bonchev–Trinajstić information content (AvgIpc) is 2.78. The van der Waals surface area contributed by atoms with Crippen molar-refractivity contribution in [3.05, 3.63) is 48.5 Å². The number of carbonyl (C=O) groups excluding carboxylic acids is 2. The van der Waals surface area contributed by atoms with Crippen LogP contribution in [0.1, 0.15) is 39.0 Å². The molecule has 0 spiro atoms. The maximum absolute atomic E-state index is 13.3. The van der Waals surface area contributed by atoms with Gasteiger partial charge in [-0.3, -0.25) is 9.59 Å². The molecule has 1 saturated carbocycles. The lowest BCUT2D eigenvalue weighted by atomic mass is 9.96. The molecule has 0 heterocycles. The van der Waals surface area contributed by atoms with E-state index in [2.05, 4.69) is 10.6 Å². The quantitative estimate of drug-likeness (QED) is 0.554. The normalized spacial score (nSPS) is 14.8. The zero-order valence-corrected chi connectivity index (χ0v) is 20.0. The molecule has 172 valence electrons. The number of benzene rings is 2. The van der Waals surface area contributed by atoms with Crippen molar-refractivity contribution in [2.75, 3.05) is 23.4 Å². The third kappa shape index (κ3) is 6.34. The molecule has 2 amide bonds. The first-order valence-electron chi connectivity index (χ1n) is 10.6. The Morgan fingerprint density at radius 2 is 1.66 bits per heavy atom. The molecular weight excluding hydrogens is 446 g/mol. The summed E-state index contributed by atoms with van der Waals surface area (Å²) in [5.41, 5.74) is 0.981. The molecule has 0 saturated heterocycles. The van der Waals surface area contributed by atoms with E-state index in [-0.39, 0.29) is 28.5 Å². The van der Waals surface area contributed by atoms with Gasteiger partial charge in [0.1, 0.15) is 4.90 Å². The Labute approximate surface area is 194 Å².